The van der Waals surface area contributed by atoms with Crippen LogP contribution in [0.25, 0.3) is 11.1 Å². The van der Waals surface area contributed by atoms with Gasteiger partial charge in [0.2, 0.25) is 0 Å². The highest BCUT2D eigenvalue weighted by atomic mass is 79.9. The molecule has 1 aromatic carbocycles. The molecule has 6 heteroatoms. The molecule has 0 saturated carbocycles. The third kappa shape index (κ3) is 3.23. The van der Waals surface area contributed by atoms with Gasteiger partial charge in [0.15, 0.2) is 0 Å². The Bertz CT molecular complexity index is 948. The molecular weight excluding hydrogens is 410 g/mol. The summed E-state index contributed by atoms with van der Waals surface area (Å²) in [6.45, 7) is 1.97. The SMILES string of the molecule is Cc1nn(C)c(NC(=O)c2cc3c(s2)CCCC3)c1-c1ccc(Br)cc1. The molecule has 1 N–H and O–H groups in total. The lowest BCUT2D eigenvalue weighted by atomic mass is 9.99. The summed E-state index contributed by atoms with van der Waals surface area (Å²) in [6.07, 6.45) is 4.64. The monoisotopic (exact) mass is 429 g/mol. The van der Waals surface area contributed by atoms with Gasteiger partial charge in [0.1, 0.15) is 5.82 Å². The number of hydrogen-bond donors (Lipinski definition) is 1. The lowest BCUT2D eigenvalue weighted by molar-refractivity contribution is 0.102. The molecule has 0 saturated heterocycles. The molecule has 0 atom stereocenters. The predicted molar refractivity (Wildman–Crippen MR) is 110 cm³/mol. The zero-order valence-electron chi connectivity index (χ0n) is 14.8. The average molecular weight is 430 g/mol. The summed E-state index contributed by atoms with van der Waals surface area (Å²) in [5, 5.41) is 7.61. The van der Waals surface area contributed by atoms with Crippen molar-refractivity contribution in [3.8, 4) is 11.1 Å². The molecule has 134 valence electrons. The Morgan fingerprint density at radius 3 is 2.69 bits per heavy atom. The molecule has 0 bridgehead atoms. The van der Waals surface area contributed by atoms with Crippen molar-refractivity contribution in [2.75, 3.05) is 5.32 Å². The molecule has 0 fully saturated rings. The molecule has 2 heterocycles. The second-order valence-corrected chi connectivity index (χ2v) is 8.71. The van der Waals surface area contributed by atoms with Crippen LogP contribution in [0.5, 0.6) is 0 Å². The van der Waals surface area contributed by atoms with E-state index in [0.29, 0.717) is 0 Å². The Kier molecular flexibility index (Phi) is 4.71. The van der Waals surface area contributed by atoms with Crippen molar-refractivity contribution in [2.24, 2.45) is 7.05 Å². The molecule has 0 unspecified atom stereocenters. The summed E-state index contributed by atoms with van der Waals surface area (Å²) < 4.78 is 2.77. The Hall–Kier alpha value is -1.92. The van der Waals surface area contributed by atoms with Gasteiger partial charge in [0.25, 0.3) is 5.91 Å². The second kappa shape index (κ2) is 7.00. The summed E-state index contributed by atoms with van der Waals surface area (Å²) in [5.41, 5.74) is 4.26. The van der Waals surface area contributed by atoms with E-state index in [9.17, 15) is 4.79 Å². The van der Waals surface area contributed by atoms with Crippen molar-refractivity contribution in [2.45, 2.75) is 32.6 Å². The minimum Gasteiger partial charge on any atom is -0.306 e. The van der Waals surface area contributed by atoms with Crippen molar-refractivity contribution >= 4 is 39.0 Å². The van der Waals surface area contributed by atoms with Gasteiger partial charge in [-0.25, -0.2) is 0 Å². The van der Waals surface area contributed by atoms with Gasteiger partial charge in [0.05, 0.1) is 10.6 Å². The molecule has 1 aliphatic rings. The van der Waals surface area contributed by atoms with Gasteiger partial charge in [0, 0.05) is 22.0 Å². The first kappa shape index (κ1) is 17.5. The summed E-state index contributed by atoms with van der Waals surface area (Å²) in [7, 11) is 1.87. The number of aromatic nitrogens is 2. The Balaban J connectivity index is 1.67. The molecule has 0 radical (unpaired) electrons. The molecule has 3 aromatic rings. The van der Waals surface area contributed by atoms with Crippen LogP contribution in [-0.4, -0.2) is 15.7 Å². The van der Waals surface area contributed by atoms with E-state index >= 15 is 0 Å². The maximum atomic E-state index is 12.9. The molecule has 0 spiro atoms. The van der Waals surface area contributed by atoms with Crippen LogP contribution in [0.15, 0.2) is 34.8 Å². The van der Waals surface area contributed by atoms with Gasteiger partial charge in [-0.1, -0.05) is 28.1 Å². The normalized spacial score (nSPS) is 13.5. The summed E-state index contributed by atoms with van der Waals surface area (Å²) in [4.78, 5) is 15.0. The van der Waals surface area contributed by atoms with Crippen LogP contribution in [0.2, 0.25) is 0 Å². The highest BCUT2D eigenvalue weighted by Gasteiger charge is 2.21. The first-order valence-electron chi connectivity index (χ1n) is 8.75. The van der Waals surface area contributed by atoms with Gasteiger partial charge in [-0.2, -0.15) is 5.10 Å². The summed E-state index contributed by atoms with van der Waals surface area (Å²) in [6, 6.07) is 10.1. The van der Waals surface area contributed by atoms with Gasteiger partial charge in [-0.3, -0.25) is 9.48 Å². The van der Waals surface area contributed by atoms with Crippen molar-refractivity contribution in [1.29, 1.82) is 0 Å². The number of fused-ring (bicyclic) bond motifs is 1. The molecular formula is C20H20BrN3OS. The van der Waals surface area contributed by atoms with E-state index in [1.165, 1.54) is 23.3 Å². The number of thiophene rings is 1. The smallest absolute Gasteiger partial charge is 0.266 e. The fourth-order valence-electron chi connectivity index (χ4n) is 3.54. The number of rotatable bonds is 3. The Labute approximate surface area is 165 Å². The fraction of sp³-hybridized carbons (Fsp3) is 0.300. The number of carbonyl (C=O) groups is 1. The van der Waals surface area contributed by atoms with Gasteiger partial charge < -0.3 is 5.32 Å². The maximum Gasteiger partial charge on any atom is 0.266 e. The van der Waals surface area contributed by atoms with E-state index in [1.807, 2.05) is 38.2 Å². The van der Waals surface area contributed by atoms with Crippen LogP contribution in [0.3, 0.4) is 0 Å². The second-order valence-electron chi connectivity index (χ2n) is 6.66. The van der Waals surface area contributed by atoms with E-state index in [1.54, 1.807) is 16.0 Å². The molecule has 4 rings (SSSR count). The van der Waals surface area contributed by atoms with E-state index < -0.39 is 0 Å². The van der Waals surface area contributed by atoms with Gasteiger partial charge >= 0.3 is 0 Å². The van der Waals surface area contributed by atoms with Gasteiger partial charge in [-0.05, 0) is 61.9 Å². The quantitative estimate of drug-likeness (QED) is 0.609. The number of anilines is 1. The third-order valence-corrected chi connectivity index (χ3v) is 6.57. The maximum absolute atomic E-state index is 12.9. The summed E-state index contributed by atoms with van der Waals surface area (Å²) >= 11 is 5.10. The van der Waals surface area contributed by atoms with Crippen LogP contribution >= 0.6 is 27.3 Å². The lowest BCUT2D eigenvalue weighted by Gasteiger charge is -2.08. The summed E-state index contributed by atoms with van der Waals surface area (Å²) in [5.74, 6) is 0.687. The third-order valence-electron chi connectivity index (χ3n) is 4.81. The number of nitrogens with zero attached hydrogens (tertiary/aromatic N) is 2. The van der Waals surface area contributed by atoms with Crippen LogP contribution in [0.1, 0.15) is 38.6 Å². The zero-order chi connectivity index (χ0) is 18.3. The fourth-order valence-corrected chi connectivity index (χ4v) is 4.95. The van der Waals surface area contributed by atoms with Gasteiger partial charge in [-0.15, -0.1) is 11.3 Å². The van der Waals surface area contributed by atoms with Crippen molar-refractivity contribution in [1.82, 2.24) is 9.78 Å². The molecule has 2 aromatic heterocycles. The first-order valence-corrected chi connectivity index (χ1v) is 10.4. The number of nitrogens with one attached hydrogen (secondary N) is 1. The Morgan fingerprint density at radius 1 is 1.23 bits per heavy atom. The van der Waals surface area contributed by atoms with E-state index in [2.05, 4.69) is 32.4 Å². The molecule has 4 nitrogen and oxygen atoms in total. The lowest BCUT2D eigenvalue weighted by Crippen LogP contribution is -2.14. The molecule has 1 amide bonds. The average Bonchev–Trinajstić information content (AvgIpc) is 3.17. The first-order chi connectivity index (χ1) is 12.5. The van der Waals surface area contributed by atoms with Crippen LogP contribution < -0.4 is 5.32 Å². The Morgan fingerprint density at radius 2 is 1.96 bits per heavy atom. The zero-order valence-corrected chi connectivity index (χ0v) is 17.2. The molecule has 0 aliphatic heterocycles. The number of amides is 1. The minimum absolute atomic E-state index is 0.0502. The largest absolute Gasteiger partial charge is 0.306 e. The number of halogens is 1. The van der Waals surface area contributed by atoms with Crippen molar-refractivity contribution in [3.05, 3.63) is 55.8 Å². The molecule has 26 heavy (non-hydrogen) atoms. The van der Waals surface area contributed by atoms with E-state index in [4.69, 9.17) is 0 Å². The van der Waals surface area contributed by atoms with Crippen molar-refractivity contribution in [3.63, 3.8) is 0 Å². The number of carbonyl (C=O) groups excluding carboxylic acids is 1. The van der Waals surface area contributed by atoms with Crippen molar-refractivity contribution < 1.29 is 4.79 Å². The number of hydrogen-bond acceptors (Lipinski definition) is 3. The van der Waals surface area contributed by atoms with Crippen LogP contribution in [0.4, 0.5) is 5.82 Å². The van der Waals surface area contributed by atoms with Crippen LogP contribution in [-0.2, 0) is 19.9 Å². The van der Waals surface area contributed by atoms with E-state index in [0.717, 1.165) is 44.8 Å². The highest BCUT2D eigenvalue weighted by molar-refractivity contribution is 9.10. The van der Waals surface area contributed by atoms with Crippen LogP contribution in [0, 0.1) is 6.92 Å². The number of aryl methyl sites for hydroxylation is 4. The van der Waals surface area contributed by atoms with E-state index in [-0.39, 0.29) is 5.91 Å². The minimum atomic E-state index is -0.0502. The standard InChI is InChI=1S/C20H20BrN3OS/c1-12-18(13-7-9-15(21)10-8-13)19(24(2)23-12)22-20(25)17-11-14-5-3-4-6-16(14)26-17/h7-11H,3-6H2,1-2H3,(H,22,25). The number of benzene rings is 1. The predicted octanol–water partition coefficient (Wildman–Crippen LogP) is 5.35. The molecule has 1 aliphatic carbocycles. The highest BCUT2D eigenvalue weighted by Crippen LogP contribution is 2.34. The topological polar surface area (TPSA) is 46.9 Å².